The molecule has 0 heterocycles. The molecule has 0 aliphatic heterocycles. The maximum absolute atomic E-state index is 13.3. The summed E-state index contributed by atoms with van der Waals surface area (Å²) in [6.07, 6.45) is 2.70. The Morgan fingerprint density at radius 2 is 2.12 bits per heavy atom. The van der Waals surface area contributed by atoms with Gasteiger partial charge in [0.1, 0.15) is 5.82 Å². The van der Waals surface area contributed by atoms with Crippen LogP contribution in [0.1, 0.15) is 43.9 Å². The summed E-state index contributed by atoms with van der Waals surface area (Å²) in [6.45, 7) is 7.23. The zero-order valence-electron chi connectivity index (χ0n) is 11.0. The maximum Gasteiger partial charge on any atom is 0.126 e. The molecule has 1 aliphatic carbocycles. The molecule has 1 N–H and O–H groups in total. The summed E-state index contributed by atoms with van der Waals surface area (Å²) in [7, 11) is 0. The lowest BCUT2D eigenvalue weighted by molar-refractivity contribution is 0.355. The first-order valence-corrected chi connectivity index (χ1v) is 6.63. The van der Waals surface area contributed by atoms with Crippen LogP contribution < -0.4 is 5.32 Å². The second-order valence-electron chi connectivity index (χ2n) is 5.24. The van der Waals surface area contributed by atoms with Crippen LogP contribution in [0.4, 0.5) is 4.39 Å². The van der Waals surface area contributed by atoms with Gasteiger partial charge in [0, 0.05) is 6.04 Å². The Labute approximate surface area is 103 Å². The van der Waals surface area contributed by atoms with Crippen molar-refractivity contribution in [3.8, 4) is 0 Å². The van der Waals surface area contributed by atoms with Crippen LogP contribution in [0.15, 0.2) is 18.2 Å². The minimum atomic E-state index is -0.108. The van der Waals surface area contributed by atoms with E-state index in [1.165, 1.54) is 18.4 Å². The van der Waals surface area contributed by atoms with Crippen molar-refractivity contribution >= 4 is 0 Å². The molecule has 0 radical (unpaired) electrons. The van der Waals surface area contributed by atoms with Gasteiger partial charge in [-0.2, -0.15) is 0 Å². The molecular formula is C15H22FN. The molecule has 1 fully saturated rings. The molecule has 0 amide bonds. The monoisotopic (exact) mass is 235 g/mol. The Balaban J connectivity index is 2.21. The fourth-order valence-corrected chi connectivity index (χ4v) is 2.58. The lowest BCUT2D eigenvalue weighted by Gasteiger charge is -2.25. The molecule has 0 bridgehead atoms. The largest absolute Gasteiger partial charge is 0.310 e. The van der Waals surface area contributed by atoms with Crippen molar-refractivity contribution in [1.29, 1.82) is 0 Å². The van der Waals surface area contributed by atoms with E-state index in [9.17, 15) is 4.39 Å². The Morgan fingerprint density at radius 1 is 1.41 bits per heavy atom. The zero-order chi connectivity index (χ0) is 12.4. The van der Waals surface area contributed by atoms with Gasteiger partial charge in [-0.25, -0.2) is 4.39 Å². The Bertz CT molecular complexity index is 385. The van der Waals surface area contributed by atoms with Crippen LogP contribution in [-0.2, 0) is 0 Å². The lowest BCUT2D eigenvalue weighted by Crippen LogP contribution is -2.28. The molecule has 0 saturated heterocycles. The molecule has 1 aliphatic rings. The summed E-state index contributed by atoms with van der Waals surface area (Å²) in [4.78, 5) is 0. The van der Waals surface area contributed by atoms with Gasteiger partial charge in [-0.15, -0.1) is 0 Å². The quantitative estimate of drug-likeness (QED) is 0.818. The number of hydrogen-bond donors (Lipinski definition) is 1. The summed E-state index contributed by atoms with van der Waals surface area (Å²) < 4.78 is 13.3. The fourth-order valence-electron chi connectivity index (χ4n) is 2.58. The standard InChI is InChI=1S/C15H22FN/c1-4-17-15(11(3)12-5-6-12)13-7-8-14(16)10(2)9-13/h7-9,11-12,15,17H,4-6H2,1-3H3. The van der Waals surface area contributed by atoms with Crippen LogP contribution in [0, 0.1) is 24.6 Å². The van der Waals surface area contributed by atoms with Crippen molar-refractivity contribution in [3.63, 3.8) is 0 Å². The van der Waals surface area contributed by atoms with E-state index in [1.54, 1.807) is 6.07 Å². The summed E-state index contributed by atoms with van der Waals surface area (Å²) in [5.74, 6) is 1.38. The first-order valence-electron chi connectivity index (χ1n) is 6.63. The van der Waals surface area contributed by atoms with E-state index in [0.29, 0.717) is 12.0 Å². The SMILES string of the molecule is CCNC(c1ccc(F)c(C)c1)C(C)C1CC1. The topological polar surface area (TPSA) is 12.0 Å². The predicted octanol–water partition coefficient (Wildman–Crippen LogP) is 3.83. The molecule has 2 atom stereocenters. The first kappa shape index (κ1) is 12.6. The van der Waals surface area contributed by atoms with Gasteiger partial charge in [0.15, 0.2) is 0 Å². The van der Waals surface area contributed by atoms with E-state index < -0.39 is 0 Å². The van der Waals surface area contributed by atoms with Gasteiger partial charge in [0.2, 0.25) is 0 Å². The molecule has 2 unspecified atom stereocenters. The molecule has 0 spiro atoms. The molecule has 2 rings (SSSR count). The van der Waals surface area contributed by atoms with Crippen LogP contribution in [0.25, 0.3) is 0 Å². The van der Waals surface area contributed by atoms with Gasteiger partial charge in [0.25, 0.3) is 0 Å². The molecule has 0 aromatic heterocycles. The lowest BCUT2D eigenvalue weighted by atomic mass is 9.90. The highest BCUT2D eigenvalue weighted by atomic mass is 19.1. The third-order valence-electron chi connectivity index (χ3n) is 3.86. The van der Waals surface area contributed by atoms with Crippen molar-refractivity contribution in [3.05, 3.63) is 35.1 Å². The summed E-state index contributed by atoms with van der Waals surface area (Å²) in [5.41, 5.74) is 1.97. The van der Waals surface area contributed by atoms with E-state index in [0.717, 1.165) is 18.0 Å². The highest BCUT2D eigenvalue weighted by molar-refractivity contribution is 5.27. The zero-order valence-corrected chi connectivity index (χ0v) is 11.0. The maximum atomic E-state index is 13.3. The molecule has 94 valence electrons. The molecule has 1 aromatic carbocycles. The van der Waals surface area contributed by atoms with Crippen molar-refractivity contribution in [2.75, 3.05) is 6.54 Å². The van der Waals surface area contributed by atoms with Crippen molar-refractivity contribution in [2.45, 2.75) is 39.7 Å². The average molecular weight is 235 g/mol. The van der Waals surface area contributed by atoms with Crippen LogP contribution >= 0.6 is 0 Å². The number of nitrogens with one attached hydrogen (secondary N) is 1. The third kappa shape index (κ3) is 2.86. The van der Waals surface area contributed by atoms with Crippen molar-refractivity contribution < 1.29 is 4.39 Å². The van der Waals surface area contributed by atoms with Gasteiger partial charge >= 0.3 is 0 Å². The second kappa shape index (κ2) is 5.18. The van der Waals surface area contributed by atoms with Gasteiger partial charge < -0.3 is 5.32 Å². The van der Waals surface area contributed by atoms with Crippen LogP contribution in [0.2, 0.25) is 0 Å². The minimum absolute atomic E-state index is 0.108. The Kier molecular flexibility index (Phi) is 3.82. The Hall–Kier alpha value is -0.890. The van der Waals surface area contributed by atoms with Gasteiger partial charge in [-0.3, -0.25) is 0 Å². The van der Waals surface area contributed by atoms with Gasteiger partial charge in [0.05, 0.1) is 0 Å². The fraction of sp³-hybridized carbons (Fsp3) is 0.600. The molecule has 17 heavy (non-hydrogen) atoms. The van der Waals surface area contributed by atoms with E-state index in [4.69, 9.17) is 0 Å². The van der Waals surface area contributed by atoms with E-state index in [1.807, 2.05) is 19.1 Å². The Morgan fingerprint density at radius 3 is 2.65 bits per heavy atom. The minimum Gasteiger partial charge on any atom is -0.310 e. The van der Waals surface area contributed by atoms with Crippen molar-refractivity contribution in [2.24, 2.45) is 11.8 Å². The summed E-state index contributed by atoms with van der Waals surface area (Å²) >= 11 is 0. The predicted molar refractivity (Wildman–Crippen MR) is 69.4 cm³/mol. The van der Waals surface area contributed by atoms with Crippen LogP contribution in [0.3, 0.4) is 0 Å². The normalized spacial score (nSPS) is 19.1. The highest BCUT2D eigenvalue weighted by Gasteiger charge is 2.33. The second-order valence-corrected chi connectivity index (χ2v) is 5.24. The molecule has 2 heteroatoms. The van der Waals surface area contributed by atoms with Crippen LogP contribution in [-0.4, -0.2) is 6.54 Å². The number of halogens is 1. The first-order chi connectivity index (χ1) is 8.13. The van der Waals surface area contributed by atoms with E-state index in [-0.39, 0.29) is 5.82 Å². The molecule has 1 aromatic rings. The number of benzene rings is 1. The smallest absolute Gasteiger partial charge is 0.126 e. The molecule has 1 saturated carbocycles. The summed E-state index contributed by atoms with van der Waals surface area (Å²) in [5, 5.41) is 3.54. The van der Waals surface area contributed by atoms with E-state index in [2.05, 4.69) is 19.2 Å². The van der Waals surface area contributed by atoms with Crippen molar-refractivity contribution in [1.82, 2.24) is 5.32 Å². The molecular weight excluding hydrogens is 213 g/mol. The number of hydrogen-bond acceptors (Lipinski definition) is 1. The average Bonchev–Trinajstić information content (AvgIpc) is 3.13. The molecule has 1 nitrogen and oxygen atoms in total. The van der Waals surface area contributed by atoms with Gasteiger partial charge in [-0.1, -0.05) is 26.0 Å². The number of aryl methyl sites for hydroxylation is 1. The number of rotatable bonds is 5. The van der Waals surface area contributed by atoms with E-state index >= 15 is 0 Å². The van der Waals surface area contributed by atoms with Gasteiger partial charge in [-0.05, 0) is 55.3 Å². The highest BCUT2D eigenvalue weighted by Crippen LogP contribution is 2.42. The summed E-state index contributed by atoms with van der Waals surface area (Å²) in [6, 6.07) is 5.87. The van der Waals surface area contributed by atoms with Crippen LogP contribution in [0.5, 0.6) is 0 Å². The third-order valence-corrected chi connectivity index (χ3v) is 3.86.